The van der Waals surface area contributed by atoms with Crippen LogP contribution in [-0.4, -0.2) is 32.1 Å². The lowest BCUT2D eigenvalue weighted by Crippen LogP contribution is -2.31. The number of benzene rings is 1. The van der Waals surface area contributed by atoms with E-state index in [1.807, 2.05) is 24.3 Å². The molecule has 1 aromatic carbocycles. The summed E-state index contributed by atoms with van der Waals surface area (Å²) >= 11 is 0. The van der Waals surface area contributed by atoms with Crippen LogP contribution in [0.15, 0.2) is 24.3 Å². The molecule has 0 aliphatic carbocycles. The minimum Gasteiger partial charge on any atom is -0.497 e. The summed E-state index contributed by atoms with van der Waals surface area (Å²) in [6.45, 7) is 5.54. The van der Waals surface area contributed by atoms with Gasteiger partial charge >= 0.3 is 0 Å². The summed E-state index contributed by atoms with van der Waals surface area (Å²) in [7, 11) is 1.65. The molecule has 4 nitrogen and oxygen atoms in total. The molecule has 1 rings (SSSR count). The van der Waals surface area contributed by atoms with Crippen LogP contribution in [0.1, 0.15) is 25.8 Å². The van der Waals surface area contributed by atoms with Crippen molar-refractivity contribution in [2.24, 2.45) is 0 Å². The molecule has 106 valence electrons. The lowest BCUT2D eigenvalue weighted by atomic mass is 10.1. The molecule has 0 saturated heterocycles. The van der Waals surface area contributed by atoms with Gasteiger partial charge in [-0.05, 0) is 24.1 Å². The zero-order chi connectivity index (χ0) is 14.1. The van der Waals surface area contributed by atoms with E-state index in [0.29, 0.717) is 19.0 Å². The van der Waals surface area contributed by atoms with Crippen molar-refractivity contribution in [2.45, 2.75) is 32.7 Å². The van der Waals surface area contributed by atoms with Crippen molar-refractivity contribution in [1.82, 2.24) is 10.6 Å². The molecule has 0 aliphatic rings. The number of carbonyl (C=O) groups excluding carboxylic acids is 1. The second kappa shape index (κ2) is 8.53. The Labute approximate surface area is 115 Å². The van der Waals surface area contributed by atoms with Gasteiger partial charge in [-0.2, -0.15) is 0 Å². The number of rotatable bonds is 8. The highest BCUT2D eigenvalue weighted by atomic mass is 16.5. The Kier molecular flexibility index (Phi) is 6.97. The zero-order valence-electron chi connectivity index (χ0n) is 12.0. The van der Waals surface area contributed by atoms with Gasteiger partial charge in [0, 0.05) is 25.6 Å². The number of ether oxygens (including phenoxy) is 1. The van der Waals surface area contributed by atoms with Crippen molar-refractivity contribution in [3.63, 3.8) is 0 Å². The van der Waals surface area contributed by atoms with Crippen LogP contribution in [0.5, 0.6) is 5.75 Å². The summed E-state index contributed by atoms with van der Waals surface area (Å²) in [6.07, 6.45) is 1.37. The van der Waals surface area contributed by atoms with E-state index in [2.05, 4.69) is 24.5 Å². The minimum atomic E-state index is 0.0988. The largest absolute Gasteiger partial charge is 0.497 e. The fourth-order valence-corrected chi connectivity index (χ4v) is 1.70. The van der Waals surface area contributed by atoms with Crippen LogP contribution in [0, 0.1) is 0 Å². The summed E-state index contributed by atoms with van der Waals surface area (Å²) in [5.41, 5.74) is 1.20. The molecule has 0 spiro atoms. The monoisotopic (exact) mass is 264 g/mol. The molecule has 0 heterocycles. The molecule has 0 atom stereocenters. The van der Waals surface area contributed by atoms with Gasteiger partial charge in [-0.1, -0.05) is 26.0 Å². The maximum atomic E-state index is 11.5. The van der Waals surface area contributed by atoms with Gasteiger partial charge in [-0.3, -0.25) is 4.79 Å². The first-order valence-electron chi connectivity index (χ1n) is 6.75. The Morgan fingerprint density at radius 2 is 1.89 bits per heavy atom. The molecule has 0 fully saturated rings. The molecule has 4 heteroatoms. The molecule has 2 N–H and O–H groups in total. The summed E-state index contributed by atoms with van der Waals surface area (Å²) in [5.74, 6) is 0.953. The molecule has 1 amide bonds. The fraction of sp³-hybridized carbons (Fsp3) is 0.533. The van der Waals surface area contributed by atoms with Gasteiger partial charge in [-0.25, -0.2) is 0 Å². The van der Waals surface area contributed by atoms with Crippen LogP contribution in [0.2, 0.25) is 0 Å². The highest BCUT2D eigenvalue weighted by Gasteiger charge is 2.01. The van der Waals surface area contributed by atoms with Gasteiger partial charge in [0.2, 0.25) is 5.91 Å². The van der Waals surface area contributed by atoms with E-state index in [-0.39, 0.29) is 5.91 Å². The third-order valence-electron chi connectivity index (χ3n) is 2.80. The van der Waals surface area contributed by atoms with Crippen LogP contribution in [0.4, 0.5) is 0 Å². The molecule has 19 heavy (non-hydrogen) atoms. The number of amides is 1. The predicted octanol–water partition coefficient (Wildman–Crippen LogP) is 1.74. The zero-order valence-corrected chi connectivity index (χ0v) is 12.0. The number of nitrogens with one attached hydrogen (secondary N) is 2. The van der Waals surface area contributed by atoms with Crippen molar-refractivity contribution < 1.29 is 9.53 Å². The Bertz CT molecular complexity index is 374. The van der Waals surface area contributed by atoms with Crippen molar-refractivity contribution in [3.8, 4) is 5.75 Å². The number of hydrogen-bond donors (Lipinski definition) is 2. The van der Waals surface area contributed by atoms with Crippen LogP contribution < -0.4 is 15.4 Å². The Hall–Kier alpha value is -1.55. The summed E-state index contributed by atoms with van der Waals surface area (Å²) in [4.78, 5) is 11.5. The standard InChI is InChI=1S/C15H24N2O2/c1-12(2)16-11-9-15(18)17-10-8-13-4-6-14(19-3)7-5-13/h4-7,12,16H,8-11H2,1-3H3,(H,17,18). The predicted molar refractivity (Wildman–Crippen MR) is 77.5 cm³/mol. The van der Waals surface area contributed by atoms with E-state index < -0.39 is 0 Å². The van der Waals surface area contributed by atoms with Gasteiger partial charge in [0.05, 0.1) is 7.11 Å². The van der Waals surface area contributed by atoms with Crippen LogP contribution in [0.3, 0.4) is 0 Å². The normalized spacial score (nSPS) is 10.5. The number of hydrogen-bond acceptors (Lipinski definition) is 3. The van der Waals surface area contributed by atoms with Crippen molar-refractivity contribution in [1.29, 1.82) is 0 Å². The highest BCUT2D eigenvalue weighted by molar-refractivity contribution is 5.76. The number of carbonyl (C=O) groups is 1. The lowest BCUT2D eigenvalue weighted by Gasteiger charge is -2.08. The molecule has 1 aromatic rings. The van der Waals surface area contributed by atoms with Gasteiger partial charge in [0.25, 0.3) is 0 Å². The smallest absolute Gasteiger partial charge is 0.221 e. The SMILES string of the molecule is COc1ccc(CCNC(=O)CCNC(C)C)cc1. The summed E-state index contributed by atoms with van der Waals surface area (Å²) in [5, 5.41) is 6.15. The van der Waals surface area contributed by atoms with Gasteiger partial charge in [0.15, 0.2) is 0 Å². The molecular formula is C15H24N2O2. The van der Waals surface area contributed by atoms with Crippen LogP contribution in [0.25, 0.3) is 0 Å². The second-order valence-corrected chi connectivity index (χ2v) is 4.81. The summed E-state index contributed by atoms with van der Waals surface area (Å²) in [6, 6.07) is 8.33. The lowest BCUT2D eigenvalue weighted by molar-refractivity contribution is -0.120. The first-order chi connectivity index (χ1) is 9.11. The van der Waals surface area contributed by atoms with Crippen LogP contribution in [-0.2, 0) is 11.2 Å². The second-order valence-electron chi connectivity index (χ2n) is 4.81. The van der Waals surface area contributed by atoms with Gasteiger partial charge in [0.1, 0.15) is 5.75 Å². The first kappa shape index (κ1) is 15.5. The van der Waals surface area contributed by atoms with E-state index in [9.17, 15) is 4.79 Å². The Morgan fingerprint density at radius 1 is 1.21 bits per heavy atom. The van der Waals surface area contributed by atoms with Crippen molar-refractivity contribution in [3.05, 3.63) is 29.8 Å². The maximum absolute atomic E-state index is 11.5. The summed E-state index contributed by atoms with van der Waals surface area (Å²) < 4.78 is 5.10. The third kappa shape index (κ3) is 6.82. The first-order valence-corrected chi connectivity index (χ1v) is 6.75. The molecule has 0 aliphatic heterocycles. The van der Waals surface area contributed by atoms with Crippen molar-refractivity contribution in [2.75, 3.05) is 20.2 Å². The molecule has 0 unspecified atom stereocenters. The van der Waals surface area contributed by atoms with Crippen molar-refractivity contribution >= 4 is 5.91 Å². The fourth-order valence-electron chi connectivity index (χ4n) is 1.70. The minimum absolute atomic E-state index is 0.0988. The van der Waals surface area contributed by atoms with E-state index in [1.54, 1.807) is 7.11 Å². The van der Waals surface area contributed by atoms with Gasteiger partial charge < -0.3 is 15.4 Å². The van der Waals surface area contributed by atoms with E-state index in [1.165, 1.54) is 5.56 Å². The van der Waals surface area contributed by atoms with E-state index in [0.717, 1.165) is 18.7 Å². The Morgan fingerprint density at radius 3 is 2.47 bits per heavy atom. The average molecular weight is 264 g/mol. The quantitative estimate of drug-likeness (QED) is 0.752. The molecule has 0 radical (unpaired) electrons. The molecule has 0 bridgehead atoms. The third-order valence-corrected chi connectivity index (χ3v) is 2.80. The maximum Gasteiger partial charge on any atom is 0.221 e. The Balaban J connectivity index is 2.16. The average Bonchev–Trinajstić information content (AvgIpc) is 2.39. The molecule has 0 saturated carbocycles. The topological polar surface area (TPSA) is 50.4 Å². The molecular weight excluding hydrogens is 240 g/mol. The van der Waals surface area contributed by atoms with Crippen LogP contribution >= 0.6 is 0 Å². The van der Waals surface area contributed by atoms with E-state index >= 15 is 0 Å². The molecule has 0 aromatic heterocycles. The van der Waals surface area contributed by atoms with Gasteiger partial charge in [-0.15, -0.1) is 0 Å². The van der Waals surface area contributed by atoms with E-state index in [4.69, 9.17) is 4.74 Å². The highest BCUT2D eigenvalue weighted by Crippen LogP contribution is 2.11. The number of methoxy groups -OCH3 is 1.